The number of aryl methyl sites for hydroxylation is 2. The van der Waals surface area contributed by atoms with Gasteiger partial charge in [-0.3, -0.25) is 4.57 Å². The number of amides is 2. The summed E-state index contributed by atoms with van der Waals surface area (Å²) < 4.78 is 6.52. The number of oxazole rings is 1. The molecule has 3 aromatic rings. The molecule has 0 bridgehead atoms. The van der Waals surface area contributed by atoms with Crippen molar-refractivity contribution in [1.82, 2.24) is 9.47 Å². The molecule has 0 aliphatic rings. The minimum atomic E-state index is -0.423. The lowest BCUT2D eigenvalue weighted by Crippen LogP contribution is -2.34. The Kier molecular flexibility index (Phi) is 4.61. The smallest absolute Gasteiger partial charge is 0.408 e. The number of rotatable bonds is 4. The van der Waals surface area contributed by atoms with Crippen LogP contribution in [0.1, 0.15) is 18.1 Å². The summed E-state index contributed by atoms with van der Waals surface area (Å²) in [5, 5.41) is 2.89. The highest BCUT2D eigenvalue weighted by atomic mass is 16.4. The normalized spacial score (nSPS) is 10.8. The Balaban J connectivity index is 1.79. The van der Waals surface area contributed by atoms with Crippen molar-refractivity contribution >= 4 is 22.8 Å². The molecule has 2 amide bonds. The maximum Gasteiger partial charge on any atom is 0.419 e. The van der Waals surface area contributed by atoms with Crippen molar-refractivity contribution in [3.63, 3.8) is 0 Å². The SMILES string of the molecule is CCN(Cc1ccccc1C)C(=O)Nc1ccc2oc(=O)n(C)c2c1. The number of nitrogens with one attached hydrogen (secondary N) is 1. The van der Waals surface area contributed by atoms with Crippen LogP contribution in [0.3, 0.4) is 0 Å². The van der Waals surface area contributed by atoms with Gasteiger partial charge in [0.2, 0.25) is 0 Å². The average Bonchev–Trinajstić information content (AvgIpc) is 2.88. The van der Waals surface area contributed by atoms with Crippen LogP contribution in [0.15, 0.2) is 51.7 Å². The number of fused-ring (bicyclic) bond motifs is 1. The third kappa shape index (κ3) is 3.42. The van der Waals surface area contributed by atoms with Crippen LogP contribution in [0.4, 0.5) is 10.5 Å². The monoisotopic (exact) mass is 339 g/mol. The molecule has 0 unspecified atom stereocenters. The zero-order chi connectivity index (χ0) is 18.0. The Morgan fingerprint density at radius 2 is 2.00 bits per heavy atom. The van der Waals surface area contributed by atoms with Gasteiger partial charge in [-0.05, 0) is 43.2 Å². The number of hydrogen-bond donors (Lipinski definition) is 1. The quantitative estimate of drug-likeness (QED) is 0.791. The lowest BCUT2D eigenvalue weighted by molar-refractivity contribution is 0.212. The molecule has 0 atom stereocenters. The first-order chi connectivity index (χ1) is 12.0. The Bertz CT molecular complexity index is 971. The van der Waals surface area contributed by atoms with Crippen LogP contribution in [0.5, 0.6) is 0 Å². The third-order valence-corrected chi connectivity index (χ3v) is 4.33. The van der Waals surface area contributed by atoms with Crippen molar-refractivity contribution in [2.24, 2.45) is 7.05 Å². The number of hydrogen-bond acceptors (Lipinski definition) is 3. The molecule has 0 fully saturated rings. The molecule has 6 nitrogen and oxygen atoms in total. The molecule has 0 aliphatic heterocycles. The van der Waals surface area contributed by atoms with Gasteiger partial charge in [-0.2, -0.15) is 0 Å². The fourth-order valence-electron chi connectivity index (χ4n) is 2.73. The van der Waals surface area contributed by atoms with E-state index < -0.39 is 5.76 Å². The molecule has 0 aliphatic carbocycles. The van der Waals surface area contributed by atoms with Gasteiger partial charge in [0.25, 0.3) is 0 Å². The third-order valence-electron chi connectivity index (χ3n) is 4.33. The van der Waals surface area contributed by atoms with Crippen molar-refractivity contribution in [1.29, 1.82) is 0 Å². The van der Waals surface area contributed by atoms with Crippen LogP contribution in [-0.4, -0.2) is 22.0 Å². The summed E-state index contributed by atoms with van der Waals surface area (Å²) in [6, 6.07) is 13.0. The van der Waals surface area contributed by atoms with Gasteiger partial charge in [-0.15, -0.1) is 0 Å². The van der Waals surface area contributed by atoms with E-state index in [1.165, 1.54) is 4.57 Å². The molecule has 1 heterocycles. The second-order valence-corrected chi connectivity index (χ2v) is 5.98. The largest absolute Gasteiger partial charge is 0.419 e. The molecule has 1 N–H and O–H groups in total. The predicted molar refractivity (Wildman–Crippen MR) is 97.7 cm³/mol. The molecule has 0 radical (unpaired) electrons. The van der Waals surface area contributed by atoms with E-state index in [4.69, 9.17) is 4.42 Å². The number of urea groups is 1. The Morgan fingerprint density at radius 1 is 1.24 bits per heavy atom. The molecule has 130 valence electrons. The van der Waals surface area contributed by atoms with Crippen molar-refractivity contribution < 1.29 is 9.21 Å². The highest BCUT2D eigenvalue weighted by molar-refractivity contribution is 5.91. The average molecular weight is 339 g/mol. The molecule has 0 saturated carbocycles. The number of benzene rings is 2. The van der Waals surface area contributed by atoms with Crippen LogP contribution in [0, 0.1) is 6.92 Å². The van der Waals surface area contributed by atoms with Crippen LogP contribution < -0.4 is 11.1 Å². The van der Waals surface area contributed by atoms with E-state index in [0.29, 0.717) is 29.9 Å². The molecule has 6 heteroatoms. The molecular formula is C19H21N3O3. The lowest BCUT2D eigenvalue weighted by atomic mass is 10.1. The second-order valence-electron chi connectivity index (χ2n) is 5.98. The Hall–Kier alpha value is -3.02. The van der Waals surface area contributed by atoms with Crippen molar-refractivity contribution in [2.45, 2.75) is 20.4 Å². The number of carbonyl (C=O) groups excluding carboxylic acids is 1. The first-order valence-corrected chi connectivity index (χ1v) is 8.19. The van der Waals surface area contributed by atoms with Crippen LogP contribution in [-0.2, 0) is 13.6 Å². The summed E-state index contributed by atoms with van der Waals surface area (Å²) in [4.78, 5) is 25.9. The Morgan fingerprint density at radius 3 is 2.72 bits per heavy atom. The van der Waals surface area contributed by atoms with Gasteiger partial charge in [0.05, 0.1) is 5.52 Å². The zero-order valence-electron chi connectivity index (χ0n) is 14.6. The van der Waals surface area contributed by atoms with Crippen molar-refractivity contribution in [3.05, 3.63) is 64.1 Å². The van der Waals surface area contributed by atoms with E-state index in [1.807, 2.05) is 38.1 Å². The van der Waals surface area contributed by atoms with E-state index in [2.05, 4.69) is 5.32 Å². The molecule has 0 spiro atoms. The molecule has 25 heavy (non-hydrogen) atoms. The highest BCUT2D eigenvalue weighted by Crippen LogP contribution is 2.19. The lowest BCUT2D eigenvalue weighted by Gasteiger charge is -2.22. The van der Waals surface area contributed by atoms with Crippen LogP contribution >= 0.6 is 0 Å². The Labute approximate surface area is 145 Å². The van der Waals surface area contributed by atoms with E-state index in [0.717, 1.165) is 11.1 Å². The number of aromatic nitrogens is 1. The van der Waals surface area contributed by atoms with Gasteiger partial charge >= 0.3 is 11.8 Å². The first-order valence-electron chi connectivity index (χ1n) is 8.19. The van der Waals surface area contributed by atoms with Gasteiger partial charge in [0.1, 0.15) is 0 Å². The minimum Gasteiger partial charge on any atom is -0.408 e. The molecular weight excluding hydrogens is 318 g/mol. The van der Waals surface area contributed by atoms with E-state index in [-0.39, 0.29) is 6.03 Å². The van der Waals surface area contributed by atoms with Gasteiger partial charge in [0, 0.05) is 25.8 Å². The molecule has 3 rings (SSSR count). The fraction of sp³-hybridized carbons (Fsp3) is 0.263. The minimum absolute atomic E-state index is 0.182. The summed E-state index contributed by atoms with van der Waals surface area (Å²) in [6.07, 6.45) is 0. The number of anilines is 1. The van der Waals surface area contributed by atoms with E-state index >= 15 is 0 Å². The first kappa shape index (κ1) is 16.8. The summed E-state index contributed by atoms with van der Waals surface area (Å²) in [6.45, 7) is 5.11. The summed E-state index contributed by atoms with van der Waals surface area (Å²) >= 11 is 0. The maximum absolute atomic E-state index is 12.6. The van der Waals surface area contributed by atoms with Gasteiger partial charge in [0.15, 0.2) is 5.58 Å². The molecule has 0 saturated heterocycles. The van der Waals surface area contributed by atoms with E-state index in [1.54, 1.807) is 30.1 Å². The molecule has 1 aromatic heterocycles. The zero-order valence-corrected chi connectivity index (χ0v) is 14.6. The summed E-state index contributed by atoms with van der Waals surface area (Å²) in [5.74, 6) is -0.423. The number of carbonyl (C=O) groups is 1. The standard InChI is InChI=1S/C19H21N3O3/c1-4-22(12-14-8-6-5-7-13(14)2)18(23)20-15-9-10-17-16(11-15)21(3)19(24)25-17/h5-11H,4,12H2,1-3H3,(H,20,23). The summed E-state index contributed by atoms with van der Waals surface area (Å²) in [7, 11) is 1.64. The second kappa shape index (κ2) is 6.84. The van der Waals surface area contributed by atoms with Crippen LogP contribution in [0.25, 0.3) is 11.1 Å². The van der Waals surface area contributed by atoms with Crippen molar-refractivity contribution in [2.75, 3.05) is 11.9 Å². The van der Waals surface area contributed by atoms with Gasteiger partial charge in [-0.25, -0.2) is 9.59 Å². The van der Waals surface area contributed by atoms with E-state index in [9.17, 15) is 9.59 Å². The van der Waals surface area contributed by atoms with Crippen LogP contribution in [0.2, 0.25) is 0 Å². The maximum atomic E-state index is 12.6. The topological polar surface area (TPSA) is 67.5 Å². The number of nitrogens with zero attached hydrogens (tertiary/aromatic N) is 2. The predicted octanol–water partition coefficient (Wildman–Crippen LogP) is 3.49. The highest BCUT2D eigenvalue weighted by Gasteiger charge is 2.14. The van der Waals surface area contributed by atoms with Gasteiger partial charge in [-0.1, -0.05) is 24.3 Å². The van der Waals surface area contributed by atoms with Gasteiger partial charge < -0.3 is 14.6 Å². The fourth-order valence-corrected chi connectivity index (χ4v) is 2.73. The summed E-state index contributed by atoms with van der Waals surface area (Å²) in [5.41, 5.74) is 4.04. The molecule has 2 aromatic carbocycles. The van der Waals surface area contributed by atoms with Crippen molar-refractivity contribution in [3.8, 4) is 0 Å².